The van der Waals surface area contributed by atoms with Crippen LogP contribution in [0.15, 0.2) is 24.3 Å². The molecule has 0 aliphatic carbocycles. The molecule has 80 valence electrons. The van der Waals surface area contributed by atoms with Crippen molar-refractivity contribution in [3.63, 3.8) is 0 Å². The molecule has 2 atom stereocenters. The molecule has 0 bridgehead atoms. The highest BCUT2D eigenvalue weighted by Gasteiger charge is 2.01. The highest BCUT2D eigenvalue weighted by atomic mass is 16.4. The Hall–Kier alpha value is -1.13. The predicted octanol–water partition coefficient (Wildman–Crippen LogP) is 0.705. The number of carboxylic acids is 1. The van der Waals surface area contributed by atoms with Gasteiger partial charge in [-0.25, -0.2) is 4.79 Å². The second kappa shape index (κ2) is 7.29. The SMILES string of the molecule is CC(O)CCC(O)C=CC=CC(=O)O. The molecule has 0 rings (SSSR count). The molecule has 2 unspecified atom stereocenters. The van der Waals surface area contributed by atoms with Crippen molar-refractivity contribution in [2.75, 3.05) is 0 Å². The van der Waals surface area contributed by atoms with E-state index in [2.05, 4.69) is 0 Å². The number of allylic oxidation sites excluding steroid dienone is 2. The zero-order chi connectivity index (χ0) is 11.0. The maximum atomic E-state index is 10.0. The molecule has 0 amide bonds. The standard InChI is InChI=1S/C10H16O4/c1-8(11)6-7-9(12)4-2-3-5-10(13)14/h2-5,8-9,11-12H,6-7H2,1H3,(H,13,14). The van der Waals surface area contributed by atoms with E-state index in [1.807, 2.05) is 0 Å². The van der Waals surface area contributed by atoms with Gasteiger partial charge in [0.25, 0.3) is 0 Å². The van der Waals surface area contributed by atoms with Crippen LogP contribution in [0.3, 0.4) is 0 Å². The van der Waals surface area contributed by atoms with Crippen LogP contribution < -0.4 is 0 Å². The van der Waals surface area contributed by atoms with Gasteiger partial charge in [-0.05, 0) is 19.8 Å². The van der Waals surface area contributed by atoms with Crippen LogP contribution in [0.4, 0.5) is 0 Å². The number of carbonyl (C=O) groups is 1. The summed E-state index contributed by atoms with van der Waals surface area (Å²) < 4.78 is 0. The van der Waals surface area contributed by atoms with Gasteiger partial charge < -0.3 is 15.3 Å². The monoisotopic (exact) mass is 200 g/mol. The highest BCUT2D eigenvalue weighted by Crippen LogP contribution is 2.02. The fourth-order valence-corrected chi connectivity index (χ4v) is 0.838. The van der Waals surface area contributed by atoms with E-state index in [1.54, 1.807) is 6.92 Å². The fourth-order valence-electron chi connectivity index (χ4n) is 0.838. The van der Waals surface area contributed by atoms with Gasteiger partial charge in [0.2, 0.25) is 0 Å². The van der Waals surface area contributed by atoms with Crippen LogP contribution in [0.2, 0.25) is 0 Å². The molecule has 0 aromatic rings. The molecule has 0 aliphatic rings. The molecule has 0 fully saturated rings. The van der Waals surface area contributed by atoms with Gasteiger partial charge in [0, 0.05) is 6.08 Å². The molecule has 0 saturated carbocycles. The number of aliphatic hydroxyl groups is 2. The maximum absolute atomic E-state index is 10.0. The van der Waals surface area contributed by atoms with Gasteiger partial charge in [-0.2, -0.15) is 0 Å². The number of carboxylic acid groups (broad SMARTS) is 1. The maximum Gasteiger partial charge on any atom is 0.328 e. The van der Waals surface area contributed by atoms with Gasteiger partial charge in [-0.1, -0.05) is 18.2 Å². The Balaban J connectivity index is 3.70. The zero-order valence-electron chi connectivity index (χ0n) is 8.13. The summed E-state index contributed by atoms with van der Waals surface area (Å²) in [4.78, 5) is 10.0. The van der Waals surface area contributed by atoms with E-state index in [0.717, 1.165) is 6.08 Å². The Morgan fingerprint density at radius 1 is 1.29 bits per heavy atom. The predicted molar refractivity (Wildman–Crippen MR) is 52.8 cm³/mol. The van der Waals surface area contributed by atoms with Crippen molar-refractivity contribution in [2.24, 2.45) is 0 Å². The molecule has 4 nitrogen and oxygen atoms in total. The van der Waals surface area contributed by atoms with Crippen LogP contribution in [-0.4, -0.2) is 33.5 Å². The molecule has 0 radical (unpaired) electrons. The minimum Gasteiger partial charge on any atom is -0.478 e. The molecule has 4 heteroatoms. The van der Waals surface area contributed by atoms with Crippen molar-refractivity contribution in [2.45, 2.75) is 32.0 Å². The van der Waals surface area contributed by atoms with Crippen LogP contribution in [0.1, 0.15) is 19.8 Å². The first-order valence-electron chi connectivity index (χ1n) is 4.46. The molecule has 0 spiro atoms. The summed E-state index contributed by atoms with van der Waals surface area (Å²) in [5.74, 6) is -1.02. The summed E-state index contributed by atoms with van der Waals surface area (Å²) in [5, 5.41) is 26.4. The highest BCUT2D eigenvalue weighted by molar-refractivity contribution is 5.80. The third kappa shape index (κ3) is 8.96. The average Bonchev–Trinajstić information content (AvgIpc) is 2.08. The summed E-state index contributed by atoms with van der Waals surface area (Å²) in [6.45, 7) is 1.65. The molecule has 0 aromatic carbocycles. The van der Waals surface area contributed by atoms with Crippen LogP contribution in [0.5, 0.6) is 0 Å². The van der Waals surface area contributed by atoms with Gasteiger partial charge in [0.05, 0.1) is 12.2 Å². The summed E-state index contributed by atoms with van der Waals surface area (Å²) >= 11 is 0. The lowest BCUT2D eigenvalue weighted by atomic mass is 10.1. The summed E-state index contributed by atoms with van der Waals surface area (Å²) in [6.07, 6.45) is 5.22. The number of hydrogen-bond acceptors (Lipinski definition) is 3. The van der Waals surface area contributed by atoms with Crippen molar-refractivity contribution < 1.29 is 20.1 Å². The van der Waals surface area contributed by atoms with Crippen molar-refractivity contribution in [3.8, 4) is 0 Å². The van der Waals surface area contributed by atoms with Crippen LogP contribution in [0.25, 0.3) is 0 Å². The Labute approximate surface area is 83.2 Å². The molecule has 14 heavy (non-hydrogen) atoms. The van der Waals surface area contributed by atoms with E-state index in [4.69, 9.17) is 10.2 Å². The van der Waals surface area contributed by atoms with Crippen LogP contribution in [0, 0.1) is 0 Å². The Kier molecular flexibility index (Phi) is 6.70. The topological polar surface area (TPSA) is 77.8 Å². The third-order valence-electron chi connectivity index (χ3n) is 1.56. The molecule has 0 aliphatic heterocycles. The largest absolute Gasteiger partial charge is 0.478 e. The van der Waals surface area contributed by atoms with Gasteiger partial charge in [-0.3, -0.25) is 0 Å². The van der Waals surface area contributed by atoms with Crippen molar-refractivity contribution >= 4 is 5.97 Å². The third-order valence-corrected chi connectivity index (χ3v) is 1.56. The molecule has 0 aromatic heterocycles. The van der Waals surface area contributed by atoms with Crippen molar-refractivity contribution in [1.29, 1.82) is 0 Å². The van der Waals surface area contributed by atoms with Crippen molar-refractivity contribution in [3.05, 3.63) is 24.3 Å². The van der Waals surface area contributed by atoms with Gasteiger partial charge in [0.15, 0.2) is 0 Å². The lowest BCUT2D eigenvalue weighted by Crippen LogP contribution is -2.07. The fraction of sp³-hybridized carbons (Fsp3) is 0.500. The lowest BCUT2D eigenvalue weighted by Gasteiger charge is -2.06. The van der Waals surface area contributed by atoms with E-state index in [9.17, 15) is 9.90 Å². The van der Waals surface area contributed by atoms with Crippen LogP contribution in [-0.2, 0) is 4.79 Å². The van der Waals surface area contributed by atoms with Gasteiger partial charge in [0.1, 0.15) is 0 Å². The Morgan fingerprint density at radius 3 is 2.43 bits per heavy atom. The Morgan fingerprint density at radius 2 is 1.93 bits per heavy atom. The first-order valence-corrected chi connectivity index (χ1v) is 4.46. The average molecular weight is 200 g/mol. The summed E-state index contributed by atoms with van der Waals surface area (Å²) in [6, 6.07) is 0. The first kappa shape index (κ1) is 12.9. The van der Waals surface area contributed by atoms with E-state index >= 15 is 0 Å². The van der Waals surface area contributed by atoms with E-state index in [0.29, 0.717) is 12.8 Å². The first-order chi connectivity index (χ1) is 6.52. The number of rotatable bonds is 6. The van der Waals surface area contributed by atoms with E-state index in [-0.39, 0.29) is 0 Å². The quantitative estimate of drug-likeness (QED) is 0.436. The Bertz CT molecular complexity index is 218. The summed E-state index contributed by atoms with van der Waals surface area (Å²) in [7, 11) is 0. The van der Waals surface area contributed by atoms with Crippen LogP contribution >= 0.6 is 0 Å². The van der Waals surface area contributed by atoms with Crippen molar-refractivity contribution in [1.82, 2.24) is 0 Å². The second-order valence-electron chi connectivity index (χ2n) is 3.08. The molecule has 0 heterocycles. The lowest BCUT2D eigenvalue weighted by molar-refractivity contribution is -0.131. The number of aliphatic hydroxyl groups excluding tert-OH is 2. The van der Waals surface area contributed by atoms with E-state index in [1.165, 1.54) is 18.2 Å². The smallest absolute Gasteiger partial charge is 0.328 e. The zero-order valence-corrected chi connectivity index (χ0v) is 8.13. The molecular formula is C10H16O4. The number of aliphatic carboxylic acids is 1. The normalized spacial score (nSPS) is 16.2. The summed E-state index contributed by atoms with van der Waals surface area (Å²) in [5.41, 5.74) is 0. The van der Waals surface area contributed by atoms with Gasteiger partial charge >= 0.3 is 5.97 Å². The molecular weight excluding hydrogens is 184 g/mol. The number of hydrogen-bond donors (Lipinski definition) is 3. The molecule has 0 saturated heterocycles. The van der Waals surface area contributed by atoms with Gasteiger partial charge in [-0.15, -0.1) is 0 Å². The molecule has 3 N–H and O–H groups in total. The minimum absolute atomic E-state index is 0.424. The minimum atomic E-state index is -1.02. The van der Waals surface area contributed by atoms with E-state index < -0.39 is 18.2 Å². The second-order valence-corrected chi connectivity index (χ2v) is 3.08.